The van der Waals surface area contributed by atoms with Crippen LogP contribution in [0.2, 0.25) is 0 Å². The average Bonchev–Trinajstić information content (AvgIpc) is 2.03. The normalized spacial score (nSPS) is 10.9. The van der Waals surface area contributed by atoms with Crippen molar-refractivity contribution in [2.45, 2.75) is 6.42 Å². The number of allylic oxidation sites excluding steroid dienone is 1. The van der Waals surface area contributed by atoms with Crippen LogP contribution in [-0.2, 0) is 0 Å². The lowest BCUT2D eigenvalue weighted by Gasteiger charge is -2.08. The second-order valence-corrected chi connectivity index (χ2v) is 2.29. The molecule has 0 radical (unpaired) electrons. The molecule has 0 aliphatic carbocycles. The fourth-order valence-electron chi connectivity index (χ4n) is 0.700. The van der Waals surface area contributed by atoms with Crippen LogP contribution in [0.4, 0.5) is 0 Å². The van der Waals surface area contributed by atoms with Gasteiger partial charge in [0.05, 0.1) is 0 Å². The number of hydrogen-bond donors (Lipinski definition) is 1. The summed E-state index contributed by atoms with van der Waals surface area (Å²) >= 11 is 0. The van der Waals surface area contributed by atoms with E-state index in [1.54, 1.807) is 6.20 Å². The quantitative estimate of drug-likeness (QED) is 0.605. The first-order chi connectivity index (χ1) is 5.24. The summed E-state index contributed by atoms with van der Waals surface area (Å²) in [6.45, 7) is 7.96. The molecule has 62 valence electrons. The van der Waals surface area contributed by atoms with Gasteiger partial charge in [-0.2, -0.15) is 0 Å². The van der Waals surface area contributed by atoms with E-state index in [4.69, 9.17) is 5.73 Å². The molecule has 2 nitrogen and oxygen atoms in total. The molecule has 0 heterocycles. The van der Waals surface area contributed by atoms with Gasteiger partial charge in [0.25, 0.3) is 0 Å². The Balaban J connectivity index is 4.09. The minimum absolute atomic E-state index is 0.656. The summed E-state index contributed by atoms with van der Waals surface area (Å²) < 4.78 is 0. The fraction of sp³-hybridized carbons (Fsp3) is 0.333. The van der Waals surface area contributed by atoms with E-state index in [1.165, 1.54) is 0 Å². The van der Waals surface area contributed by atoms with Crippen molar-refractivity contribution in [2.24, 2.45) is 5.73 Å². The van der Waals surface area contributed by atoms with Crippen molar-refractivity contribution in [3.8, 4) is 0 Å². The third-order valence-electron chi connectivity index (χ3n) is 1.35. The van der Waals surface area contributed by atoms with Crippen molar-refractivity contribution >= 4 is 0 Å². The standard InChI is InChI=1S/C9H16N2/c1-4-9(6-7-10)8-11(3)5-2/h4-5,8H,1-2,6-7,10H2,3H3/b9-8+. The largest absolute Gasteiger partial charge is 0.358 e. The molecule has 0 atom stereocenters. The predicted molar refractivity (Wildman–Crippen MR) is 49.9 cm³/mol. The van der Waals surface area contributed by atoms with E-state index < -0.39 is 0 Å². The lowest BCUT2D eigenvalue weighted by atomic mass is 10.2. The first-order valence-electron chi connectivity index (χ1n) is 3.62. The Hall–Kier alpha value is -1.02. The first-order valence-corrected chi connectivity index (χ1v) is 3.62. The molecular weight excluding hydrogens is 136 g/mol. The molecule has 11 heavy (non-hydrogen) atoms. The zero-order chi connectivity index (χ0) is 8.69. The topological polar surface area (TPSA) is 29.3 Å². The van der Waals surface area contributed by atoms with Crippen LogP contribution < -0.4 is 5.73 Å². The fourth-order valence-corrected chi connectivity index (χ4v) is 0.700. The van der Waals surface area contributed by atoms with E-state index in [2.05, 4.69) is 13.2 Å². The lowest BCUT2D eigenvalue weighted by Crippen LogP contribution is -2.04. The molecule has 0 saturated heterocycles. The summed E-state index contributed by atoms with van der Waals surface area (Å²) in [6.07, 6.45) is 6.38. The van der Waals surface area contributed by atoms with Crippen LogP contribution in [-0.4, -0.2) is 18.5 Å². The zero-order valence-corrected chi connectivity index (χ0v) is 7.09. The average molecular weight is 152 g/mol. The van der Waals surface area contributed by atoms with Gasteiger partial charge in [-0.25, -0.2) is 0 Å². The Morgan fingerprint density at radius 3 is 2.55 bits per heavy atom. The molecule has 0 aromatic rings. The minimum atomic E-state index is 0.656. The van der Waals surface area contributed by atoms with Crippen LogP contribution in [0.25, 0.3) is 0 Å². The van der Waals surface area contributed by atoms with Gasteiger partial charge in [0.1, 0.15) is 0 Å². The van der Waals surface area contributed by atoms with Crippen molar-refractivity contribution in [1.82, 2.24) is 4.90 Å². The van der Waals surface area contributed by atoms with Crippen molar-refractivity contribution in [2.75, 3.05) is 13.6 Å². The Kier molecular flexibility index (Phi) is 5.21. The van der Waals surface area contributed by atoms with Crippen LogP contribution in [0.3, 0.4) is 0 Å². The highest BCUT2D eigenvalue weighted by Crippen LogP contribution is 2.02. The highest BCUT2D eigenvalue weighted by atomic mass is 15.0. The van der Waals surface area contributed by atoms with E-state index in [9.17, 15) is 0 Å². The molecule has 0 saturated carbocycles. The Bertz CT molecular complexity index is 159. The summed E-state index contributed by atoms with van der Waals surface area (Å²) in [4.78, 5) is 1.88. The summed E-state index contributed by atoms with van der Waals surface area (Å²) in [5, 5.41) is 0. The monoisotopic (exact) mass is 152 g/mol. The van der Waals surface area contributed by atoms with E-state index in [0.29, 0.717) is 6.54 Å². The van der Waals surface area contributed by atoms with Crippen LogP contribution in [0.15, 0.2) is 37.2 Å². The zero-order valence-electron chi connectivity index (χ0n) is 7.09. The molecule has 0 aliphatic heterocycles. The number of hydrogen-bond acceptors (Lipinski definition) is 2. The SMILES string of the molecule is C=C/C(=C\N(C)C=C)CCN. The summed E-state index contributed by atoms with van der Waals surface area (Å²) in [5.41, 5.74) is 6.52. The van der Waals surface area contributed by atoms with Crippen molar-refractivity contribution in [3.05, 3.63) is 37.2 Å². The molecular formula is C9H16N2. The van der Waals surface area contributed by atoms with Gasteiger partial charge >= 0.3 is 0 Å². The van der Waals surface area contributed by atoms with E-state index >= 15 is 0 Å². The molecule has 2 heteroatoms. The highest BCUT2D eigenvalue weighted by molar-refractivity contribution is 5.16. The molecule has 2 N–H and O–H groups in total. The maximum absolute atomic E-state index is 5.39. The van der Waals surface area contributed by atoms with Gasteiger partial charge in [-0.05, 0) is 24.7 Å². The third kappa shape index (κ3) is 4.39. The molecule has 0 aromatic heterocycles. The van der Waals surface area contributed by atoms with Crippen molar-refractivity contribution in [3.63, 3.8) is 0 Å². The van der Waals surface area contributed by atoms with E-state index in [-0.39, 0.29) is 0 Å². The molecule has 0 aromatic carbocycles. The first kappa shape index (κ1) is 9.98. The number of rotatable bonds is 5. The van der Waals surface area contributed by atoms with Gasteiger partial charge in [0.2, 0.25) is 0 Å². The van der Waals surface area contributed by atoms with Gasteiger partial charge in [-0.15, -0.1) is 0 Å². The highest BCUT2D eigenvalue weighted by Gasteiger charge is 1.90. The maximum Gasteiger partial charge on any atom is 0.0106 e. The Morgan fingerprint density at radius 1 is 1.55 bits per heavy atom. The molecule has 0 rings (SSSR count). The lowest BCUT2D eigenvalue weighted by molar-refractivity contribution is 0.619. The minimum Gasteiger partial charge on any atom is -0.358 e. The van der Waals surface area contributed by atoms with Gasteiger partial charge in [-0.3, -0.25) is 0 Å². The number of nitrogens with zero attached hydrogens (tertiary/aromatic N) is 1. The Labute approximate surface area is 68.7 Å². The molecule has 0 spiro atoms. The molecule has 0 aliphatic rings. The van der Waals surface area contributed by atoms with E-state index in [1.807, 2.05) is 24.2 Å². The van der Waals surface area contributed by atoms with Crippen LogP contribution in [0, 0.1) is 0 Å². The summed E-state index contributed by atoms with van der Waals surface area (Å²) in [6, 6.07) is 0. The smallest absolute Gasteiger partial charge is 0.0106 e. The number of nitrogens with two attached hydrogens (primary N) is 1. The molecule has 0 unspecified atom stereocenters. The third-order valence-corrected chi connectivity index (χ3v) is 1.35. The van der Waals surface area contributed by atoms with Gasteiger partial charge in [0, 0.05) is 13.2 Å². The van der Waals surface area contributed by atoms with Crippen LogP contribution >= 0.6 is 0 Å². The summed E-state index contributed by atoms with van der Waals surface area (Å²) in [7, 11) is 1.92. The maximum atomic E-state index is 5.39. The predicted octanol–water partition coefficient (Wildman–Crippen LogP) is 1.48. The second kappa shape index (κ2) is 5.74. The second-order valence-electron chi connectivity index (χ2n) is 2.29. The molecule has 0 amide bonds. The van der Waals surface area contributed by atoms with Crippen LogP contribution in [0.1, 0.15) is 6.42 Å². The summed E-state index contributed by atoms with van der Waals surface area (Å²) in [5.74, 6) is 0. The van der Waals surface area contributed by atoms with Gasteiger partial charge < -0.3 is 10.6 Å². The Morgan fingerprint density at radius 2 is 2.18 bits per heavy atom. The van der Waals surface area contributed by atoms with Gasteiger partial charge in [0.15, 0.2) is 0 Å². The molecule has 0 fully saturated rings. The van der Waals surface area contributed by atoms with Crippen LogP contribution in [0.5, 0.6) is 0 Å². The van der Waals surface area contributed by atoms with Crippen molar-refractivity contribution in [1.29, 1.82) is 0 Å². The van der Waals surface area contributed by atoms with Crippen molar-refractivity contribution < 1.29 is 0 Å². The van der Waals surface area contributed by atoms with E-state index in [0.717, 1.165) is 12.0 Å². The molecule has 0 bridgehead atoms. The van der Waals surface area contributed by atoms with Gasteiger partial charge in [-0.1, -0.05) is 19.2 Å².